The van der Waals surface area contributed by atoms with Crippen LogP contribution in [0.4, 0.5) is 17.6 Å². The molecular weight excluding hydrogens is 362 g/mol. The molecule has 4 rings (SSSR count). The normalized spacial score (nSPS) is 11.6. The van der Waals surface area contributed by atoms with Crippen molar-refractivity contribution < 1.29 is 8.42 Å². The standard InChI is InChI=1S/C19H17N5O2S/c1-13-6-9-16(10-7-13)21-19-22-18(20)24(23-19)27(25,26)17-11-8-14-4-2-3-5-15(14)12-17/h2-12H,1H3,(H3,20,21,22,23). The number of fused-ring (bicyclic) bond motifs is 1. The maximum Gasteiger partial charge on any atom is 0.286 e. The van der Waals surface area contributed by atoms with Gasteiger partial charge in [0.05, 0.1) is 4.90 Å². The van der Waals surface area contributed by atoms with Gasteiger partial charge in [-0.2, -0.15) is 13.4 Å². The molecule has 0 unspecified atom stereocenters. The molecule has 0 atom stereocenters. The molecule has 136 valence electrons. The van der Waals surface area contributed by atoms with Crippen LogP contribution < -0.4 is 11.1 Å². The molecule has 4 aromatic rings. The van der Waals surface area contributed by atoms with Crippen molar-refractivity contribution in [3.8, 4) is 0 Å². The Bertz CT molecular complexity index is 1230. The highest BCUT2D eigenvalue weighted by atomic mass is 32.2. The van der Waals surface area contributed by atoms with Crippen LogP contribution in [-0.2, 0) is 10.0 Å². The molecule has 3 N–H and O–H groups in total. The molecule has 7 nitrogen and oxygen atoms in total. The van der Waals surface area contributed by atoms with Gasteiger partial charge in [0.25, 0.3) is 10.0 Å². The van der Waals surface area contributed by atoms with Gasteiger partial charge in [0.2, 0.25) is 11.9 Å². The maximum atomic E-state index is 13.0. The fourth-order valence-corrected chi connectivity index (χ4v) is 3.92. The Labute approximate surface area is 156 Å². The lowest BCUT2D eigenvalue weighted by molar-refractivity contribution is 0.581. The number of nitrogens with zero attached hydrogens (tertiary/aromatic N) is 3. The van der Waals surface area contributed by atoms with Gasteiger partial charge >= 0.3 is 0 Å². The van der Waals surface area contributed by atoms with Crippen LogP contribution in [0.25, 0.3) is 10.8 Å². The molecular formula is C19H17N5O2S. The van der Waals surface area contributed by atoms with Crippen LogP contribution in [0.1, 0.15) is 5.56 Å². The zero-order valence-corrected chi connectivity index (χ0v) is 15.3. The molecule has 27 heavy (non-hydrogen) atoms. The minimum absolute atomic E-state index is 0.0969. The lowest BCUT2D eigenvalue weighted by atomic mass is 10.1. The summed E-state index contributed by atoms with van der Waals surface area (Å²) < 4.78 is 26.7. The van der Waals surface area contributed by atoms with E-state index in [1.165, 1.54) is 6.07 Å². The maximum absolute atomic E-state index is 13.0. The van der Waals surface area contributed by atoms with Crippen molar-refractivity contribution in [2.75, 3.05) is 11.1 Å². The Kier molecular flexibility index (Phi) is 4.04. The van der Waals surface area contributed by atoms with Crippen LogP contribution in [0.5, 0.6) is 0 Å². The van der Waals surface area contributed by atoms with Crippen LogP contribution in [0.15, 0.2) is 71.6 Å². The van der Waals surface area contributed by atoms with Gasteiger partial charge in [-0.25, -0.2) is 0 Å². The molecule has 0 aliphatic heterocycles. The van der Waals surface area contributed by atoms with Gasteiger partial charge in [-0.1, -0.05) is 48.0 Å². The van der Waals surface area contributed by atoms with E-state index in [-0.39, 0.29) is 16.8 Å². The molecule has 0 spiro atoms. The molecule has 0 aliphatic carbocycles. The molecule has 8 heteroatoms. The molecule has 1 heterocycles. The van der Waals surface area contributed by atoms with Crippen LogP contribution in [0, 0.1) is 6.92 Å². The van der Waals surface area contributed by atoms with Crippen molar-refractivity contribution in [1.29, 1.82) is 0 Å². The highest BCUT2D eigenvalue weighted by Crippen LogP contribution is 2.23. The minimum Gasteiger partial charge on any atom is -0.367 e. The fourth-order valence-electron chi connectivity index (χ4n) is 2.73. The van der Waals surface area contributed by atoms with E-state index in [1.807, 2.05) is 55.5 Å². The monoisotopic (exact) mass is 379 g/mol. The van der Waals surface area contributed by atoms with Gasteiger partial charge in [-0.15, -0.1) is 9.19 Å². The third-order valence-corrected chi connectivity index (χ3v) is 5.73. The first-order chi connectivity index (χ1) is 12.9. The van der Waals surface area contributed by atoms with Gasteiger partial charge in [0.1, 0.15) is 0 Å². The second-order valence-electron chi connectivity index (χ2n) is 6.14. The molecule has 0 radical (unpaired) electrons. The Morgan fingerprint density at radius 1 is 0.963 bits per heavy atom. The van der Waals surface area contributed by atoms with E-state index in [9.17, 15) is 8.42 Å². The number of nitrogen functional groups attached to an aromatic ring is 1. The van der Waals surface area contributed by atoms with Crippen molar-refractivity contribution in [2.24, 2.45) is 0 Å². The smallest absolute Gasteiger partial charge is 0.286 e. The SMILES string of the molecule is Cc1ccc(Nc2nc(N)n(S(=O)(=O)c3ccc4ccccc4c3)n2)cc1. The number of hydrogen-bond donors (Lipinski definition) is 2. The van der Waals surface area contributed by atoms with Crippen molar-refractivity contribution in [3.63, 3.8) is 0 Å². The summed E-state index contributed by atoms with van der Waals surface area (Å²) in [6.07, 6.45) is 0. The zero-order valence-electron chi connectivity index (χ0n) is 14.5. The number of benzene rings is 3. The van der Waals surface area contributed by atoms with Gasteiger partial charge in [0, 0.05) is 5.69 Å². The summed E-state index contributed by atoms with van der Waals surface area (Å²) in [7, 11) is -3.96. The first-order valence-corrected chi connectivity index (χ1v) is 9.68. The second kappa shape index (κ2) is 6.40. The van der Waals surface area contributed by atoms with Crippen LogP contribution >= 0.6 is 0 Å². The molecule has 3 aromatic carbocycles. The first-order valence-electron chi connectivity index (χ1n) is 8.24. The number of aryl methyl sites for hydroxylation is 1. The summed E-state index contributed by atoms with van der Waals surface area (Å²) in [5.41, 5.74) is 7.67. The summed E-state index contributed by atoms with van der Waals surface area (Å²) in [4.78, 5) is 4.12. The summed E-state index contributed by atoms with van der Waals surface area (Å²) >= 11 is 0. The minimum atomic E-state index is -3.96. The summed E-state index contributed by atoms with van der Waals surface area (Å²) in [6.45, 7) is 1.98. The molecule has 0 bridgehead atoms. The predicted octanol–water partition coefficient (Wildman–Crippen LogP) is 3.30. The van der Waals surface area contributed by atoms with E-state index in [1.54, 1.807) is 12.1 Å². The Morgan fingerprint density at radius 3 is 2.41 bits per heavy atom. The van der Waals surface area contributed by atoms with E-state index in [4.69, 9.17) is 5.73 Å². The second-order valence-corrected chi connectivity index (χ2v) is 7.91. The lowest BCUT2D eigenvalue weighted by Gasteiger charge is -2.06. The molecule has 0 amide bonds. The molecule has 1 aromatic heterocycles. The summed E-state index contributed by atoms with van der Waals surface area (Å²) in [5, 5.41) is 8.76. The number of nitrogens with two attached hydrogens (primary N) is 1. The summed E-state index contributed by atoms with van der Waals surface area (Å²) in [6, 6.07) is 20.0. The Hall–Kier alpha value is -3.39. The lowest BCUT2D eigenvalue weighted by Crippen LogP contribution is -2.17. The highest BCUT2D eigenvalue weighted by Gasteiger charge is 2.23. The van der Waals surface area contributed by atoms with Crippen molar-refractivity contribution in [1.82, 2.24) is 14.2 Å². The number of hydrogen-bond acceptors (Lipinski definition) is 6. The molecule has 0 saturated heterocycles. The van der Waals surface area contributed by atoms with Gasteiger partial charge in [-0.3, -0.25) is 0 Å². The quantitative estimate of drug-likeness (QED) is 0.564. The van der Waals surface area contributed by atoms with Crippen molar-refractivity contribution in [3.05, 3.63) is 72.3 Å². The van der Waals surface area contributed by atoms with Crippen LogP contribution in [0.3, 0.4) is 0 Å². The third-order valence-electron chi connectivity index (χ3n) is 4.16. The highest BCUT2D eigenvalue weighted by molar-refractivity contribution is 7.90. The summed E-state index contributed by atoms with van der Waals surface area (Å²) in [5.74, 6) is -0.0986. The number of aromatic nitrogens is 3. The van der Waals surface area contributed by atoms with Gasteiger partial charge in [0.15, 0.2) is 0 Å². The topological polar surface area (TPSA) is 103 Å². The Balaban J connectivity index is 1.70. The van der Waals surface area contributed by atoms with E-state index in [0.717, 1.165) is 26.1 Å². The zero-order chi connectivity index (χ0) is 19.0. The van der Waals surface area contributed by atoms with Crippen LogP contribution in [-0.4, -0.2) is 22.6 Å². The molecule has 0 aliphatic rings. The number of nitrogens with one attached hydrogen (secondary N) is 1. The van der Waals surface area contributed by atoms with Gasteiger partial charge in [-0.05, 0) is 42.0 Å². The van der Waals surface area contributed by atoms with E-state index < -0.39 is 10.0 Å². The Morgan fingerprint density at radius 2 is 1.67 bits per heavy atom. The number of rotatable bonds is 4. The number of anilines is 3. The van der Waals surface area contributed by atoms with E-state index in [0.29, 0.717) is 0 Å². The first kappa shape index (κ1) is 17.0. The predicted molar refractivity (Wildman–Crippen MR) is 105 cm³/mol. The van der Waals surface area contributed by atoms with Crippen molar-refractivity contribution >= 4 is 38.4 Å². The van der Waals surface area contributed by atoms with E-state index >= 15 is 0 Å². The largest absolute Gasteiger partial charge is 0.367 e. The average molecular weight is 379 g/mol. The fraction of sp³-hybridized carbons (Fsp3) is 0.0526. The molecule has 0 fully saturated rings. The third kappa shape index (κ3) is 3.22. The van der Waals surface area contributed by atoms with Gasteiger partial charge < -0.3 is 11.1 Å². The average Bonchev–Trinajstić information content (AvgIpc) is 3.04. The van der Waals surface area contributed by atoms with E-state index in [2.05, 4.69) is 15.4 Å². The van der Waals surface area contributed by atoms with Crippen molar-refractivity contribution in [2.45, 2.75) is 11.8 Å². The van der Waals surface area contributed by atoms with Crippen LogP contribution in [0.2, 0.25) is 0 Å². The molecule has 0 saturated carbocycles.